The highest BCUT2D eigenvalue weighted by atomic mass is 35.5. The van der Waals surface area contributed by atoms with Gasteiger partial charge in [-0.3, -0.25) is 4.79 Å². The summed E-state index contributed by atoms with van der Waals surface area (Å²) in [6.07, 6.45) is 3.00. The molecule has 0 aromatic carbocycles. The van der Waals surface area contributed by atoms with Crippen LogP contribution in [0.3, 0.4) is 0 Å². The Morgan fingerprint density at radius 1 is 1.43 bits per heavy atom. The molecule has 0 saturated carbocycles. The summed E-state index contributed by atoms with van der Waals surface area (Å²) >= 11 is 7.85. The van der Waals surface area contributed by atoms with Gasteiger partial charge in [-0.05, 0) is 24.8 Å². The molecule has 1 atom stereocenters. The molecule has 0 aliphatic heterocycles. The zero-order valence-corrected chi connectivity index (χ0v) is 15.3. The van der Waals surface area contributed by atoms with Crippen LogP contribution < -0.4 is 0 Å². The van der Waals surface area contributed by atoms with Gasteiger partial charge in [-0.1, -0.05) is 39.3 Å². The topological polar surface area (TPSA) is 33.2 Å². The molecule has 0 spiro atoms. The number of amides is 1. The summed E-state index contributed by atoms with van der Waals surface area (Å²) in [7, 11) is 1.86. The Morgan fingerprint density at radius 3 is 2.52 bits per heavy atom. The van der Waals surface area contributed by atoms with Crippen LogP contribution in [0, 0.1) is 0 Å². The average molecular weight is 329 g/mol. The Kier molecular flexibility index (Phi) is 6.54. The molecule has 3 nitrogen and oxygen atoms in total. The van der Waals surface area contributed by atoms with Gasteiger partial charge in [0.25, 0.3) is 5.91 Å². The SMILES string of the molecule is CCC(CSC)N(C)C(=O)c1cc(Cl)nc(C(C)(C)C)c1. The number of rotatable bonds is 5. The standard InChI is InChI=1S/C16H25ClN2OS/c1-7-12(10-21-6)19(5)15(20)11-8-13(16(2,3)4)18-14(17)9-11/h8-9,12H,7,10H2,1-6H3. The first-order valence-corrected chi connectivity index (χ1v) is 8.92. The van der Waals surface area contributed by atoms with Crippen molar-refractivity contribution in [3.8, 4) is 0 Å². The number of aromatic nitrogens is 1. The molecule has 5 heteroatoms. The molecule has 0 aliphatic rings. The van der Waals surface area contributed by atoms with Gasteiger partial charge in [0.1, 0.15) is 5.15 Å². The monoisotopic (exact) mass is 328 g/mol. The van der Waals surface area contributed by atoms with Crippen LogP contribution in [0.5, 0.6) is 0 Å². The van der Waals surface area contributed by atoms with E-state index in [2.05, 4.69) is 38.9 Å². The van der Waals surface area contributed by atoms with E-state index in [1.54, 1.807) is 17.8 Å². The van der Waals surface area contributed by atoms with Crippen LogP contribution in [0.15, 0.2) is 12.1 Å². The van der Waals surface area contributed by atoms with E-state index in [0.29, 0.717) is 10.7 Å². The molecule has 21 heavy (non-hydrogen) atoms. The lowest BCUT2D eigenvalue weighted by molar-refractivity contribution is 0.0743. The van der Waals surface area contributed by atoms with Crippen LogP contribution >= 0.6 is 23.4 Å². The van der Waals surface area contributed by atoms with E-state index in [-0.39, 0.29) is 17.4 Å². The molecule has 118 valence electrons. The Morgan fingerprint density at radius 2 is 2.05 bits per heavy atom. The maximum absolute atomic E-state index is 12.7. The zero-order valence-electron chi connectivity index (χ0n) is 13.7. The van der Waals surface area contributed by atoms with Crippen LogP contribution in [-0.2, 0) is 5.41 Å². The first-order chi connectivity index (χ1) is 9.70. The van der Waals surface area contributed by atoms with Gasteiger partial charge in [-0.2, -0.15) is 11.8 Å². The largest absolute Gasteiger partial charge is 0.338 e. The highest BCUT2D eigenvalue weighted by Gasteiger charge is 2.23. The summed E-state index contributed by atoms with van der Waals surface area (Å²) in [5.74, 6) is 0.939. The van der Waals surface area contributed by atoms with Crippen LogP contribution in [0.4, 0.5) is 0 Å². The number of halogens is 1. The molecule has 0 radical (unpaired) electrons. The maximum atomic E-state index is 12.7. The lowest BCUT2D eigenvalue weighted by Crippen LogP contribution is -2.38. The smallest absolute Gasteiger partial charge is 0.254 e. The molecule has 0 saturated heterocycles. The number of nitrogens with zero attached hydrogens (tertiary/aromatic N) is 2. The van der Waals surface area contributed by atoms with E-state index in [4.69, 9.17) is 11.6 Å². The summed E-state index contributed by atoms with van der Waals surface area (Å²) in [4.78, 5) is 18.8. The van der Waals surface area contributed by atoms with Gasteiger partial charge in [0.05, 0.1) is 0 Å². The summed E-state index contributed by atoms with van der Waals surface area (Å²) < 4.78 is 0. The molecule has 1 aromatic rings. The summed E-state index contributed by atoms with van der Waals surface area (Å²) in [5, 5.41) is 0.372. The quantitative estimate of drug-likeness (QED) is 0.758. The van der Waals surface area contributed by atoms with Crippen molar-refractivity contribution < 1.29 is 4.79 Å². The predicted octanol–water partition coefficient (Wildman–Crippen LogP) is 4.25. The molecule has 0 bridgehead atoms. The Hall–Kier alpha value is -0.740. The molecule has 0 N–H and O–H groups in total. The number of pyridine rings is 1. The minimum atomic E-state index is -0.137. The van der Waals surface area contributed by atoms with Gasteiger partial charge in [-0.25, -0.2) is 4.98 Å². The number of hydrogen-bond donors (Lipinski definition) is 0. The molecule has 1 heterocycles. The van der Waals surface area contributed by atoms with E-state index in [1.165, 1.54) is 0 Å². The Labute approximate surface area is 137 Å². The lowest BCUT2D eigenvalue weighted by Gasteiger charge is -2.27. The highest BCUT2D eigenvalue weighted by molar-refractivity contribution is 7.98. The molecule has 1 aromatic heterocycles. The normalized spacial score (nSPS) is 13.1. The molecule has 1 unspecified atom stereocenters. The third kappa shape index (κ3) is 4.89. The van der Waals surface area contributed by atoms with Crippen LogP contribution in [-0.4, -0.2) is 40.9 Å². The fourth-order valence-electron chi connectivity index (χ4n) is 2.07. The third-order valence-electron chi connectivity index (χ3n) is 3.51. The van der Waals surface area contributed by atoms with Gasteiger partial charge in [0, 0.05) is 35.5 Å². The summed E-state index contributed by atoms with van der Waals surface area (Å²) in [6.45, 7) is 8.29. The molecule has 0 aliphatic carbocycles. The van der Waals surface area contributed by atoms with Gasteiger partial charge < -0.3 is 4.90 Å². The van der Waals surface area contributed by atoms with E-state index in [9.17, 15) is 4.79 Å². The first-order valence-electron chi connectivity index (χ1n) is 7.14. The van der Waals surface area contributed by atoms with Crippen molar-refractivity contribution >= 4 is 29.3 Å². The highest BCUT2D eigenvalue weighted by Crippen LogP contribution is 2.24. The van der Waals surface area contributed by atoms with Crippen molar-refractivity contribution in [2.45, 2.75) is 45.6 Å². The molecular weight excluding hydrogens is 304 g/mol. The lowest BCUT2D eigenvalue weighted by atomic mass is 9.90. The van der Waals surface area contributed by atoms with Gasteiger partial charge >= 0.3 is 0 Å². The molecule has 1 amide bonds. The maximum Gasteiger partial charge on any atom is 0.254 e. The third-order valence-corrected chi connectivity index (χ3v) is 4.42. The van der Waals surface area contributed by atoms with Gasteiger partial charge in [0.15, 0.2) is 0 Å². The fraction of sp³-hybridized carbons (Fsp3) is 0.625. The predicted molar refractivity (Wildman–Crippen MR) is 92.5 cm³/mol. The van der Waals surface area contributed by atoms with Crippen molar-refractivity contribution in [3.63, 3.8) is 0 Å². The van der Waals surface area contributed by atoms with Crippen molar-refractivity contribution in [3.05, 3.63) is 28.5 Å². The molecule has 0 fully saturated rings. The van der Waals surface area contributed by atoms with Gasteiger partial charge in [0.2, 0.25) is 0 Å². The van der Waals surface area contributed by atoms with E-state index >= 15 is 0 Å². The summed E-state index contributed by atoms with van der Waals surface area (Å²) in [5.41, 5.74) is 1.31. The first kappa shape index (κ1) is 18.3. The second kappa shape index (κ2) is 7.50. The molecular formula is C16H25ClN2OS. The van der Waals surface area contributed by atoms with E-state index < -0.39 is 0 Å². The Bertz CT molecular complexity index is 500. The second-order valence-electron chi connectivity index (χ2n) is 6.25. The van der Waals surface area contributed by atoms with Gasteiger partial charge in [-0.15, -0.1) is 0 Å². The van der Waals surface area contributed by atoms with Crippen molar-refractivity contribution in [1.82, 2.24) is 9.88 Å². The number of hydrogen-bond acceptors (Lipinski definition) is 3. The van der Waals surface area contributed by atoms with Crippen molar-refractivity contribution in [2.75, 3.05) is 19.1 Å². The Balaban J connectivity index is 3.09. The summed E-state index contributed by atoms with van der Waals surface area (Å²) in [6, 6.07) is 3.75. The number of carbonyl (C=O) groups is 1. The van der Waals surface area contributed by atoms with Crippen LogP contribution in [0.1, 0.15) is 50.2 Å². The van der Waals surface area contributed by atoms with Crippen LogP contribution in [0.25, 0.3) is 0 Å². The van der Waals surface area contributed by atoms with Crippen molar-refractivity contribution in [1.29, 1.82) is 0 Å². The second-order valence-corrected chi connectivity index (χ2v) is 7.55. The average Bonchev–Trinajstić information content (AvgIpc) is 2.41. The number of carbonyl (C=O) groups excluding carboxylic acids is 1. The molecule has 1 rings (SSSR count). The van der Waals surface area contributed by atoms with E-state index in [1.807, 2.05) is 18.0 Å². The van der Waals surface area contributed by atoms with E-state index in [0.717, 1.165) is 17.9 Å². The fourth-order valence-corrected chi connectivity index (χ4v) is 3.12. The minimum Gasteiger partial charge on any atom is -0.338 e. The zero-order chi connectivity index (χ0) is 16.2. The number of thioether (sulfide) groups is 1. The minimum absolute atomic E-state index is 0.00528. The van der Waals surface area contributed by atoms with Crippen molar-refractivity contribution in [2.24, 2.45) is 0 Å². The van der Waals surface area contributed by atoms with Crippen LogP contribution in [0.2, 0.25) is 5.15 Å².